The third-order valence-corrected chi connectivity index (χ3v) is 4.91. The number of hydrogen-bond donors (Lipinski definition) is 3. The van der Waals surface area contributed by atoms with Gasteiger partial charge in [0.15, 0.2) is 0 Å². The fourth-order valence-corrected chi connectivity index (χ4v) is 3.01. The van der Waals surface area contributed by atoms with Crippen LogP contribution in [0.5, 0.6) is 0 Å². The molecule has 0 aliphatic rings. The molecule has 1 atom stereocenters. The number of aryl methyl sites for hydroxylation is 1. The van der Waals surface area contributed by atoms with E-state index in [0.29, 0.717) is 11.6 Å². The molecule has 130 valence electrons. The summed E-state index contributed by atoms with van der Waals surface area (Å²) in [4.78, 5) is 12.1. The van der Waals surface area contributed by atoms with Crippen LogP contribution in [0.4, 0.5) is 5.69 Å². The maximum atomic E-state index is 12.1. The average Bonchev–Trinajstić information content (AvgIpc) is 2.42. The van der Waals surface area contributed by atoms with Gasteiger partial charge < -0.3 is 10.6 Å². The molecule has 0 bridgehead atoms. The van der Waals surface area contributed by atoms with Gasteiger partial charge >= 0.3 is 0 Å². The second-order valence-electron chi connectivity index (χ2n) is 6.15. The molecule has 23 heavy (non-hydrogen) atoms. The van der Waals surface area contributed by atoms with E-state index in [2.05, 4.69) is 31.4 Å². The van der Waals surface area contributed by atoms with Gasteiger partial charge in [-0.3, -0.25) is 4.79 Å². The Hall–Kier alpha value is -1.44. The first-order chi connectivity index (χ1) is 10.6. The monoisotopic (exact) mass is 341 g/mol. The number of amides is 1. The molecule has 0 fully saturated rings. The highest BCUT2D eigenvalue weighted by Gasteiger charge is 2.15. The minimum atomic E-state index is -3.81. The van der Waals surface area contributed by atoms with Crippen molar-refractivity contribution in [2.75, 3.05) is 11.9 Å². The zero-order valence-corrected chi connectivity index (χ0v) is 15.3. The minimum absolute atomic E-state index is 0.00234. The fraction of sp³-hybridized carbons (Fsp3) is 0.562. The Morgan fingerprint density at radius 2 is 1.87 bits per heavy atom. The first-order valence-corrected chi connectivity index (χ1v) is 9.28. The first kappa shape index (κ1) is 19.6. The molecular weight excluding hydrogens is 314 g/mol. The van der Waals surface area contributed by atoms with Crippen LogP contribution in [0.1, 0.15) is 38.3 Å². The predicted octanol–water partition coefficient (Wildman–Crippen LogP) is 1.91. The summed E-state index contributed by atoms with van der Waals surface area (Å²) in [7, 11) is -3.81. The summed E-state index contributed by atoms with van der Waals surface area (Å²) in [5.41, 5.74) is 2.05. The second kappa shape index (κ2) is 7.90. The molecule has 0 heterocycles. The van der Waals surface area contributed by atoms with E-state index in [1.807, 2.05) is 6.92 Å². The number of carbonyl (C=O) groups excluding carboxylic acids is 1. The molecule has 0 saturated carbocycles. The van der Waals surface area contributed by atoms with Gasteiger partial charge in [-0.25, -0.2) is 13.6 Å². The van der Waals surface area contributed by atoms with Crippen LogP contribution in [0.25, 0.3) is 0 Å². The van der Waals surface area contributed by atoms with E-state index in [0.717, 1.165) is 17.5 Å². The molecule has 0 unspecified atom stereocenters. The number of nitrogens with one attached hydrogen (secondary N) is 2. The molecule has 0 spiro atoms. The van der Waals surface area contributed by atoms with E-state index < -0.39 is 10.0 Å². The molecular formula is C16H27N3O3S. The Kier molecular flexibility index (Phi) is 6.73. The van der Waals surface area contributed by atoms with Crippen molar-refractivity contribution in [2.45, 2.75) is 52.0 Å². The number of hydrogen-bond acceptors (Lipinski definition) is 4. The Morgan fingerprint density at radius 1 is 1.26 bits per heavy atom. The number of benzene rings is 1. The summed E-state index contributed by atoms with van der Waals surface area (Å²) < 4.78 is 23.0. The zero-order chi connectivity index (χ0) is 17.8. The SMILES string of the molecule is CC[C@@H](NCC(=O)Nc1cc(S(N)(=O)=O)cc(C)c1C)C(C)C. The van der Waals surface area contributed by atoms with Gasteiger partial charge in [-0.1, -0.05) is 20.8 Å². The van der Waals surface area contributed by atoms with E-state index in [-0.39, 0.29) is 23.4 Å². The third-order valence-electron chi connectivity index (χ3n) is 4.01. The van der Waals surface area contributed by atoms with Gasteiger partial charge in [0, 0.05) is 11.7 Å². The van der Waals surface area contributed by atoms with Crippen molar-refractivity contribution >= 4 is 21.6 Å². The van der Waals surface area contributed by atoms with Crippen LogP contribution in [0.15, 0.2) is 17.0 Å². The van der Waals surface area contributed by atoms with Gasteiger partial charge in [-0.2, -0.15) is 0 Å². The van der Waals surface area contributed by atoms with Gasteiger partial charge in [0.1, 0.15) is 0 Å². The maximum absolute atomic E-state index is 12.1. The van der Waals surface area contributed by atoms with Gasteiger partial charge in [-0.15, -0.1) is 0 Å². The first-order valence-electron chi connectivity index (χ1n) is 7.73. The van der Waals surface area contributed by atoms with Crippen LogP contribution in [-0.4, -0.2) is 26.9 Å². The summed E-state index contributed by atoms with van der Waals surface area (Å²) in [6.45, 7) is 10.1. The van der Waals surface area contributed by atoms with E-state index in [1.165, 1.54) is 12.1 Å². The van der Waals surface area contributed by atoms with Crippen molar-refractivity contribution in [3.63, 3.8) is 0 Å². The molecule has 1 amide bonds. The Balaban J connectivity index is 2.88. The number of carbonyl (C=O) groups is 1. The topological polar surface area (TPSA) is 101 Å². The molecule has 1 rings (SSSR count). The lowest BCUT2D eigenvalue weighted by Gasteiger charge is -2.20. The van der Waals surface area contributed by atoms with Crippen molar-refractivity contribution in [1.29, 1.82) is 0 Å². The third kappa shape index (κ3) is 5.60. The fourth-order valence-electron chi connectivity index (χ4n) is 2.39. The molecule has 1 aromatic carbocycles. The molecule has 0 saturated heterocycles. The standard InChI is InChI=1S/C16H27N3O3S/c1-6-14(10(2)3)18-9-16(20)19-15-8-13(23(17,21)22)7-11(4)12(15)5/h7-8,10,14,18H,6,9H2,1-5H3,(H,19,20)(H2,17,21,22)/t14-/m1/s1. The lowest BCUT2D eigenvalue weighted by atomic mass is 10.0. The molecule has 0 aliphatic heterocycles. The number of rotatable bonds is 7. The largest absolute Gasteiger partial charge is 0.325 e. The number of nitrogens with two attached hydrogens (primary N) is 1. The summed E-state index contributed by atoms with van der Waals surface area (Å²) in [6.07, 6.45) is 0.935. The lowest BCUT2D eigenvalue weighted by molar-refractivity contribution is -0.115. The molecule has 0 radical (unpaired) electrons. The van der Waals surface area contributed by atoms with Crippen LogP contribution >= 0.6 is 0 Å². The normalized spacial score (nSPS) is 13.2. The molecule has 1 aromatic rings. The van der Waals surface area contributed by atoms with Gasteiger partial charge in [0.05, 0.1) is 11.4 Å². The van der Waals surface area contributed by atoms with Crippen molar-refractivity contribution in [1.82, 2.24) is 5.32 Å². The Labute approximate surface area is 138 Å². The quantitative estimate of drug-likeness (QED) is 0.705. The van der Waals surface area contributed by atoms with E-state index in [9.17, 15) is 13.2 Å². The van der Waals surface area contributed by atoms with Crippen molar-refractivity contribution in [3.05, 3.63) is 23.3 Å². The zero-order valence-electron chi connectivity index (χ0n) is 14.4. The van der Waals surface area contributed by atoms with Crippen LogP contribution < -0.4 is 15.8 Å². The summed E-state index contributed by atoms with van der Waals surface area (Å²) in [5.74, 6) is 0.223. The molecule has 6 nitrogen and oxygen atoms in total. The summed E-state index contributed by atoms with van der Waals surface area (Å²) in [6, 6.07) is 3.17. The summed E-state index contributed by atoms with van der Waals surface area (Å²) in [5, 5.41) is 11.1. The highest BCUT2D eigenvalue weighted by atomic mass is 32.2. The molecule has 0 aromatic heterocycles. The van der Waals surface area contributed by atoms with Crippen molar-refractivity contribution < 1.29 is 13.2 Å². The van der Waals surface area contributed by atoms with Crippen LogP contribution in [0.2, 0.25) is 0 Å². The molecule has 7 heteroatoms. The number of sulfonamides is 1. The number of primary sulfonamides is 1. The average molecular weight is 341 g/mol. The van der Waals surface area contributed by atoms with Crippen LogP contribution in [-0.2, 0) is 14.8 Å². The van der Waals surface area contributed by atoms with Crippen molar-refractivity contribution in [3.8, 4) is 0 Å². The molecule has 0 aliphatic carbocycles. The van der Waals surface area contributed by atoms with Crippen LogP contribution in [0, 0.1) is 19.8 Å². The van der Waals surface area contributed by atoms with Gasteiger partial charge in [0.2, 0.25) is 15.9 Å². The number of anilines is 1. The maximum Gasteiger partial charge on any atom is 0.238 e. The predicted molar refractivity (Wildman–Crippen MR) is 92.8 cm³/mol. The second-order valence-corrected chi connectivity index (χ2v) is 7.71. The highest BCUT2D eigenvalue weighted by molar-refractivity contribution is 7.89. The minimum Gasteiger partial charge on any atom is -0.325 e. The van der Waals surface area contributed by atoms with E-state index >= 15 is 0 Å². The molecule has 4 N–H and O–H groups in total. The summed E-state index contributed by atoms with van der Waals surface area (Å²) >= 11 is 0. The highest BCUT2D eigenvalue weighted by Crippen LogP contribution is 2.23. The van der Waals surface area contributed by atoms with E-state index in [4.69, 9.17) is 5.14 Å². The van der Waals surface area contributed by atoms with Crippen molar-refractivity contribution in [2.24, 2.45) is 11.1 Å². The van der Waals surface area contributed by atoms with Crippen LogP contribution in [0.3, 0.4) is 0 Å². The lowest BCUT2D eigenvalue weighted by Crippen LogP contribution is -2.38. The Bertz CT molecular complexity index is 669. The smallest absolute Gasteiger partial charge is 0.238 e. The Morgan fingerprint density at radius 3 is 2.35 bits per heavy atom. The van der Waals surface area contributed by atoms with Gasteiger partial charge in [-0.05, 0) is 49.4 Å². The van der Waals surface area contributed by atoms with Gasteiger partial charge in [0.25, 0.3) is 0 Å². The van der Waals surface area contributed by atoms with E-state index in [1.54, 1.807) is 6.92 Å².